The van der Waals surface area contributed by atoms with E-state index in [1.807, 2.05) is 31.4 Å². The zero-order valence-corrected chi connectivity index (χ0v) is 20.8. The molecule has 6 nitrogen and oxygen atoms in total. The molecule has 1 fully saturated rings. The van der Waals surface area contributed by atoms with Gasteiger partial charge in [0.25, 0.3) is 0 Å². The molecule has 0 radical (unpaired) electrons. The number of esters is 1. The molecule has 174 valence electrons. The molecule has 1 aliphatic heterocycles. The number of rotatable bonds is 7. The molecule has 1 saturated heterocycles. The number of piperidine rings is 1. The van der Waals surface area contributed by atoms with E-state index >= 15 is 0 Å². The van der Waals surface area contributed by atoms with Gasteiger partial charge in [-0.1, -0.05) is 40.0 Å². The highest BCUT2D eigenvalue weighted by molar-refractivity contribution is 7.10. The molecule has 0 saturated carbocycles. The molecule has 9 heteroatoms. The van der Waals surface area contributed by atoms with Gasteiger partial charge >= 0.3 is 5.97 Å². The minimum atomic E-state index is -0.269. The molecule has 0 unspecified atom stereocenters. The minimum absolute atomic E-state index is 0.269. The van der Waals surface area contributed by atoms with Gasteiger partial charge in [0.2, 0.25) is 0 Å². The van der Waals surface area contributed by atoms with Gasteiger partial charge in [0.15, 0.2) is 5.76 Å². The number of carbonyl (C=O) groups is 1. The molecule has 0 bridgehead atoms. The van der Waals surface area contributed by atoms with Gasteiger partial charge in [-0.15, -0.1) is 11.3 Å². The average molecular weight is 506 g/mol. The van der Waals surface area contributed by atoms with E-state index in [4.69, 9.17) is 37.4 Å². The maximum atomic E-state index is 11.6. The van der Waals surface area contributed by atoms with Crippen molar-refractivity contribution in [2.45, 2.75) is 32.6 Å². The van der Waals surface area contributed by atoms with Gasteiger partial charge < -0.3 is 9.26 Å². The summed E-state index contributed by atoms with van der Waals surface area (Å²) in [4.78, 5) is 18.8. The monoisotopic (exact) mass is 505 g/mol. The molecule has 0 atom stereocenters. The van der Waals surface area contributed by atoms with E-state index in [0.29, 0.717) is 34.0 Å². The third kappa shape index (κ3) is 6.03. The minimum Gasteiger partial charge on any atom is -0.463 e. The van der Waals surface area contributed by atoms with Crippen molar-refractivity contribution >= 4 is 40.5 Å². The van der Waals surface area contributed by atoms with Crippen LogP contribution in [0, 0.1) is 0 Å². The number of carbonyl (C=O) groups excluding carboxylic acids is 1. The molecule has 2 aromatic heterocycles. The summed E-state index contributed by atoms with van der Waals surface area (Å²) in [5.41, 5.74) is 3.35. The van der Waals surface area contributed by atoms with E-state index in [2.05, 4.69) is 10.1 Å². The molecule has 1 aromatic carbocycles. The Morgan fingerprint density at radius 3 is 2.76 bits per heavy atom. The molecule has 33 heavy (non-hydrogen) atoms. The second kappa shape index (κ2) is 10.8. The van der Waals surface area contributed by atoms with Crippen molar-refractivity contribution in [3.63, 3.8) is 0 Å². The average Bonchev–Trinajstić information content (AvgIpc) is 3.46. The second-order valence-corrected chi connectivity index (χ2v) is 9.77. The highest BCUT2D eigenvalue weighted by atomic mass is 35.5. The lowest BCUT2D eigenvalue weighted by Gasteiger charge is -2.31. The van der Waals surface area contributed by atoms with Gasteiger partial charge in [0, 0.05) is 35.5 Å². The lowest BCUT2D eigenvalue weighted by Crippen LogP contribution is -2.34. The number of thiazole rings is 1. The normalized spacial score (nSPS) is 15.7. The SMILES string of the molecule is CCOC(=O)/C=C(\C)CN1CCC(c2nc(-c3cc(-c4ccc(Cl)c(Cl)c4)no3)cs2)CC1. The van der Waals surface area contributed by atoms with E-state index in [0.717, 1.165) is 54.3 Å². The van der Waals surface area contributed by atoms with Gasteiger partial charge in [0.1, 0.15) is 11.4 Å². The fourth-order valence-electron chi connectivity index (χ4n) is 3.90. The molecule has 0 N–H and O–H groups in total. The number of halogens is 2. The first-order valence-electron chi connectivity index (χ1n) is 10.9. The van der Waals surface area contributed by atoms with Gasteiger partial charge in [-0.25, -0.2) is 9.78 Å². The summed E-state index contributed by atoms with van der Waals surface area (Å²) in [5.74, 6) is 0.789. The molecule has 3 heterocycles. The molecule has 0 amide bonds. The first-order valence-corrected chi connectivity index (χ1v) is 12.5. The van der Waals surface area contributed by atoms with Crippen LogP contribution in [0.2, 0.25) is 10.0 Å². The number of likely N-dealkylation sites (tertiary alicyclic amines) is 1. The summed E-state index contributed by atoms with van der Waals surface area (Å²) < 4.78 is 10.5. The Morgan fingerprint density at radius 2 is 2.03 bits per heavy atom. The Hall–Kier alpha value is -2.19. The number of nitrogens with zero attached hydrogens (tertiary/aromatic N) is 3. The second-order valence-electron chi connectivity index (χ2n) is 8.07. The van der Waals surface area contributed by atoms with Crippen molar-refractivity contribution in [3.8, 4) is 22.7 Å². The fourth-order valence-corrected chi connectivity index (χ4v) is 5.18. The summed E-state index contributed by atoms with van der Waals surface area (Å²) in [5, 5.41) is 8.29. The highest BCUT2D eigenvalue weighted by Crippen LogP contribution is 2.35. The zero-order chi connectivity index (χ0) is 23.4. The van der Waals surface area contributed by atoms with Gasteiger partial charge in [-0.05, 0) is 51.9 Å². The molecule has 0 aliphatic carbocycles. The van der Waals surface area contributed by atoms with Crippen LogP contribution in [-0.2, 0) is 9.53 Å². The van der Waals surface area contributed by atoms with E-state index in [1.54, 1.807) is 29.5 Å². The van der Waals surface area contributed by atoms with Gasteiger partial charge in [-0.3, -0.25) is 4.90 Å². The largest absolute Gasteiger partial charge is 0.463 e. The van der Waals surface area contributed by atoms with Crippen LogP contribution in [-0.4, -0.2) is 47.3 Å². The topological polar surface area (TPSA) is 68.5 Å². The number of aromatic nitrogens is 2. The van der Waals surface area contributed by atoms with E-state index in [-0.39, 0.29) is 5.97 Å². The van der Waals surface area contributed by atoms with E-state index in [9.17, 15) is 4.79 Å². The predicted octanol–water partition coefficient (Wildman–Crippen LogP) is 6.46. The van der Waals surface area contributed by atoms with Crippen molar-refractivity contribution in [2.75, 3.05) is 26.2 Å². The van der Waals surface area contributed by atoms with Crippen LogP contribution in [0.1, 0.15) is 37.6 Å². The summed E-state index contributed by atoms with van der Waals surface area (Å²) in [6.45, 7) is 6.90. The first-order chi connectivity index (χ1) is 15.9. The van der Waals surface area contributed by atoms with Crippen LogP contribution in [0.5, 0.6) is 0 Å². The van der Waals surface area contributed by atoms with Crippen molar-refractivity contribution in [1.82, 2.24) is 15.0 Å². The summed E-state index contributed by atoms with van der Waals surface area (Å²) in [7, 11) is 0. The zero-order valence-electron chi connectivity index (χ0n) is 18.5. The van der Waals surface area contributed by atoms with Gasteiger partial charge in [-0.2, -0.15) is 0 Å². The van der Waals surface area contributed by atoms with Crippen LogP contribution in [0.3, 0.4) is 0 Å². The summed E-state index contributed by atoms with van der Waals surface area (Å²) >= 11 is 13.8. The summed E-state index contributed by atoms with van der Waals surface area (Å²) in [6.07, 6.45) is 3.65. The van der Waals surface area contributed by atoms with Crippen LogP contribution in [0.4, 0.5) is 0 Å². The Kier molecular flexibility index (Phi) is 7.86. The molecular weight excluding hydrogens is 481 g/mol. The Labute approximate surface area is 207 Å². The lowest BCUT2D eigenvalue weighted by molar-refractivity contribution is -0.137. The number of benzene rings is 1. The Balaban J connectivity index is 1.35. The molecule has 4 rings (SSSR count). The van der Waals surface area contributed by atoms with Crippen LogP contribution in [0.25, 0.3) is 22.7 Å². The number of hydrogen-bond donors (Lipinski definition) is 0. The predicted molar refractivity (Wildman–Crippen MR) is 132 cm³/mol. The Bertz CT molecular complexity index is 1150. The summed E-state index contributed by atoms with van der Waals surface area (Å²) in [6, 6.07) is 7.25. The van der Waals surface area contributed by atoms with Crippen LogP contribution >= 0.6 is 34.5 Å². The highest BCUT2D eigenvalue weighted by Gasteiger charge is 2.24. The van der Waals surface area contributed by atoms with Crippen molar-refractivity contribution < 1.29 is 14.1 Å². The molecular formula is C24H25Cl2N3O3S. The molecule has 0 spiro atoms. The third-order valence-electron chi connectivity index (χ3n) is 5.56. The van der Waals surface area contributed by atoms with Crippen molar-refractivity contribution in [3.05, 3.63) is 56.3 Å². The standard InChI is InChI=1S/C24H25Cl2N3O3S/c1-3-31-23(30)10-15(2)13-29-8-6-16(7-9-29)24-27-21(14-33-24)22-12-20(28-32-22)17-4-5-18(25)19(26)11-17/h4-5,10-12,14,16H,3,6-9,13H2,1-2H3/b15-10+. The Morgan fingerprint density at radius 1 is 1.24 bits per heavy atom. The van der Waals surface area contributed by atoms with Crippen molar-refractivity contribution in [2.24, 2.45) is 0 Å². The maximum Gasteiger partial charge on any atom is 0.330 e. The van der Waals surface area contributed by atoms with Crippen LogP contribution in [0.15, 0.2) is 45.8 Å². The van der Waals surface area contributed by atoms with Gasteiger partial charge in [0.05, 0.1) is 21.7 Å². The van der Waals surface area contributed by atoms with E-state index < -0.39 is 0 Å². The number of ether oxygens (including phenoxy) is 1. The third-order valence-corrected chi connectivity index (χ3v) is 7.31. The maximum absolute atomic E-state index is 11.6. The lowest BCUT2D eigenvalue weighted by atomic mass is 9.97. The first kappa shape index (κ1) is 24.0. The van der Waals surface area contributed by atoms with Crippen molar-refractivity contribution in [1.29, 1.82) is 0 Å². The molecule has 3 aromatic rings. The fraction of sp³-hybridized carbons (Fsp3) is 0.375. The number of hydrogen-bond acceptors (Lipinski definition) is 7. The van der Waals surface area contributed by atoms with E-state index in [1.165, 1.54) is 0 Å². The molecule has 1 aliphatic rings. The van der Waals surface area contributed by atoms with Crippen LogP contribution < -0.4 is 0 Å². The quantitative estimate of drug-likeness (QED) is 0.271. The smallest absolute Gasteiger partial charge is 0.330 e.